The number of hydrogen-bond donors (Lipinski definition) is 1. The van der Waals surface area contributed by atoms with Gasteiger partial charge in [-0.25, -0.2) is 4.98 Å². The van der Waals surface area contributed by atoms with E-state index in [1.807, 2.05) is 13.2 Å². The average Bonchev–Trinajstić information content (AvgIpc) is 3.33. The fraction of sp³-hybridized carbons (Fsp3) is 0.619. The molecule has 158 valence electrons. The first-order chi connectivity index (χ1) is 14.6. The highest BCUT2D eigenvalue weighted by Crippen LogP contribution is 2.39. The Hall–Kier alpha value is -2.70. The molecule has 30 heavy (non-hydrogen) atoms. The van der Waals surface area contributed by atoms with E-state index in [9.17, 15) is 5.26 Å². The summed E-state index contributed by atoms with van der Waals surface area (Å²) in [5.41, 5.74) is 3.28. The van der Waals surface area contributed by atoms with Crippen LogP contribution in [-0.2, 0) is 19.9 Å². The summed E-state index contributed by atoms with van der Waals surface area (Å²) in [6, 6.07) is 2.45. The molecule has 5 rings (SSSR count). The Balaban J connectivity index is 1.38. The van der Waals surface area contributed by atoms with E-state index in [-0.39, 0.29) is 5.54 Å². The number of likely N-dealkylation sites (N-methyl/N-ethyl adjacent to an activating group) is 1. The highest BCUT2D eigenvalue weighted by molar-refractivity contribution is 5.60. The lowest BCUT2D eigenvalue weighted by Gasteiger charge is -2.57. The number of aromatic nitrogens is 4. The number of nitrogens with one attached hydrogen (secondary N) is 1. The molecule has 2 aromatic rings. The number of rotatable bonds is 5. The van der Waals surface area contributed by atoms with Gasteiger partial charge in [0.2, 0.25) is 5.95 Å². The molecule has 0 radical (unpaired) electrons. The van der Waals surface area contributed by atoms with E-state index < -0.39 is 0 Å². The second kappa shape index (κ2) is 7.52. The monoisotopic (exact) mass is 407 g/mol. The van der Waals surface area contributed by atoms with Gasteiger partial charge in [0, 0.05) is 58.1 Å². The molecule has 0 aromatic carbocycles. The third-order valence-electron chi connectivity index (χ3n) is 6.72. The van der Waals surface area contributed by atoms with Crippen molar-refractivity contribution in [2.24, 2.45) is 7.05 Å². The molecule has 0 saturated carbocycles. The van der Waals surface area contributed by atoms with Crippen LogP contribution < -0.4 is 10.2 Å². The van der Waals surface area contributed by atoms with E-state index in [0.29, 0.717) is 12.4 Å². The zero-order chi connectivity index (χ0) is 20.7. The molecule has 9 heteroatoms. The molecule has 4 heterocycles. The van der Waals surface area contributed by atoms with Crippen LogP contribution in [0.15, 0.2) is 12.4 Å². The van der Waals surface area contributed by atoms with Crippen molar-refractivity contribution in [3.63, 3.8) is 0 Å². The standard InChI is InChI=1S/C21H29N9/c1-27-8-10-30(11-9-27)21(6-7-22)14-29(15-21)19-17-4-3-5-18(17)25-20(26-19)24-16-12-23-28(2)13-16/h12-13H,3-6,8-11,14-15H2,1-2H3,(H,24,25,26). The molecule has 9 nitrogen and oxygen atoms in total. The topological polar surface area (TPSA) is 89.1 Å². The Kier molecular flexibility index (Phi) is 4.83. The largest absolute Gasteiger partial charge is 0.352 e. The van der Waals surface area contributed by atoms with Gasteiger partial charge < -0.3 is 15.1 Å². The van der Waals surface area contributed by atoms with Crippen molar-refractivity contribution in [3.8, 4) is 6.07 Å². The number of fused-ring (bicyclic) bond motifs is 1. The zero-order valence-electron chi connectivity index (χ0n) is 17.8. The van der Waals surface area contributed by atoms with Gasteiger partial charge in [0.1, 0.15) is 5.82 Å². The van der Waals surface area contributed by atoms with Gasteiger partial charge in [-0.05, 0) is 26.3 Å². The van der Waals surface area contributed by atoms with E-state index in [2.05, 4.69) is 38.2 Å². The highest BCUT2D eigenvalue weighted by atomic mass is 15.4. The maximum Gasteiger partial charge on any atom is 0.229 e. The van der Waals surface area contributed by atoms with Crippen LogP contribution in [0.3, 0.4) is 0 Å². The van der Waals surface area contributed by atoms with Gasteiger partial charge in [-0.15, -0.1) is 0 Å². The lowest BCUT2D eigenvalue weighted by atomic mass is 9.83. The molecule has 2 saturated heterocycles. The van der Waals surface area contributed by atoms with Crippen LogP contribution >= 0.6 is 0 Å². The second-order valence-corrected chi connectivity index (χ2v) is 8.88. The Morgan fingerprint density at radius 2 is 1.93 bits per heavy atom. The molecule has 1 aliphatic carbocycles. The smallest absolute Gasteiger partial charge is 0.229 e. The van der Waals surface area contributed by atoms with Crippen molar-refractivity contribution in [1.29, 1.82) is 5.26 Å². The Morgan fingerprint density at radius 1 is 1.13 bits per heavy atom. The predicted octanol–water partition coefficient (Wildman–Crippen LogP) is 1.16. The first-order valence-electron chi connectivity index (χ1n) is 10.8. The van der Waals surface area contributed by atoms with Gasteiger partial charge >= 0.3 is 0 Å². The molecule has 2 aliphatic heterocycles. The van der Waals surface area contributed by atoms with E-state index >= 15 is 0 Å². The third-order valence-corrected chi connectivity index (χ3v) is 6.72. The molecule has 2 fully saturated rings. The first-order valence-corrected chi connectivity index (χ1v) is 10.8. The lowest BCUT2D eigenvalue weighted by Crippen LogP contribution is -2.72. The van der Waals surface area contributed by atoms with Crippen LogP contribution in [0.25, 0.3) is 0 Å². The SMILES string of the molecule is CN1CCN(C2(CC#N)CN(c3nc(Nc4cnn(C)c4)nc4c3CCC4)C2)CC1. The molecule has 0 bridgehead atoms. The van der Waals surface area contributed by atoms with Crippen LogP contribution in [0.1, 0.15) is 24.1 Å². The molecular formula is C21H29N9. The minimum Gasteiger partial charge on any atom is -0.352 e. The molecule has 1 N–H and O–H groups in total. The summed E-state index contributed by atoms with van der Waals surface area (Å²) in [5.74, 6) is 1.68. The van der Waals surface area contributed by atoms with Crippen LogP contribution in [-0.4, -0.2) is 81.4 Å². The minimum absolute atomic E-state index is 0.0522. The van der Waals surface area contributed by atoms with Gasteiger partial charge in [0.15, 0.2) is 0 Å². The summed E-state index contributed by atoms with van der Waals surface area (Å²) in [4.78, 5) is 16.9. The van der Waals surface area contributed by atoms with Crippen LogP contribution in [0.2, 0.25) is 0 Å². The number of aryl methyl sites for hydroxylation is 2. The average molecular weight is 408 g/mol. The zero-order valence-corrected chi connectivity index (χ0v) is 17.8. The quantitative estimate of drug-likeness (QED) is 0.790. The van der Waals surface area contributed by atoms with Gasteiger partial charge in [-0.3, -0.25) is 9.58 Å². The summed E-state index contributed by atoms with van der Waals surface area (Å²) in [7, 11) is 4.07. The molecule has 3 aliphatic rings. The summed E-state index contributed by atoms with van der Waals surface area (Å²) in [6.45, 7) is 5.91. The number of hydrogen-bond acceptors (Lipinski definition) is 8. The molecule has 2 aromatic heterocycles. The fourth-order valence-electron chi connectivity index (χ4n) is 5.01. The number of nitriles is 1. The van der Waals surface area contributed by atoms with Gasteiger partial charge in [-0.1, -0.05) is 0 Å². The summed E-state index contributed by atoms with van der Waals surface area (Å²) in [5, 5.41) is 17.0. The third kappa shape index (κ3) is 3.40. The Bertz CT molecular complexity index is 961. The normalized spacial score (nSPS) is 21.2. The fourth-order valence-corrected chi connectivity index (χ4v) is 5.01. The van der Waals surface area contributed by atoms with E-state index in [1.165, 1.54) is 5.56 Å². The molecule has 0 amide bonds. The van der Waals surface area contributed by atoms with Crippen molar-refractivity contribution in [3.05, 3.63) is 23.7 Å². The van der Waals surface area contributed by atoms with Crippen molar-refractivity contribution in [1.82, 2.24) is 29.5 Å². The molecule has 0 atom stereocenters. The number of nitrogens with zero attached hydrogens (tertiary/aromatic N) is 8. The summed E-state index contributed by atoms with van der Waals surface area (Å²) < 4.78 is 1.76. The minimum atomic E-state index is -0.0522. The van der Waals surface area contributed by atoms with Crippen molar-refractivity contribution in [2.75, 3.05) is 56.5 Å². The maximum atomic E-state index is 9.52. The lowest BCUT2D eigenvalue weighted by molar-refractivity contribution is 0.0218. The van der Waals surface area contributed by atoms with E-state index in [0.717, 1.165) is 75.7 Å². The maximum absolute atomic E-state index is 9.52. The summed E-state index contributed by atoms with van der Waals surface area (Å²) >= 11 is 0. The number of anilines is 3. The van der Waals surface area contributed by atoms with Crippen molar-refractivity contribution < 1.29 is 0 Å². The van der Waals surface area contributed by atoms with E-state index in [1.54, 1.807) is 10.9 Å². The highest BCUT2D eigenvalue weighted by Gasteiger charge is 2.49. The predicted molar refractivity (Wildman–Crippen MR) is 115 cm³/mol. The second-order valence-electron chi connectivity index (χ2n) is 8.88. The van der Waals surface area contributed by atoms with Gasteiger partial charge in [0.25, 0.3) is 0 Å². The van der Waals surface area contributed by atoms with Crippen molar-refractivity contribution in [2.45, 2.75) is 31.2 Å². The number of piperazine rings is 1. The summed E-state index contributed by atoms with van der Waals surface area (Å²) in [6.07, 6.45) is 7.44. The molecule has 0 unspecified atom stereocenters. The molecule has 0 spiro atoms. The van der Waals surface area contributed by atoms with Crippen LogP contribution in [0.5, 0.6) is 0 Å². The van der Waals surface area contributed by atoms with E-state index in [4.69, 9.17) is 9.97 Å². The van der Waals surface area contributed by atoms with Gasteiger partial charge in [0.05, 0.1) is 35.6 Å². The first kappa shape index (κ1) is 19.3. The van der Waals surface area contributed by atoms with Crippen LogP contribution in [0.4, 0.5) is 17.5 Å². The van der Waals surface area contributed by atoms with Gasteiger partial charge in [-0.2, -0.15) is 15.3 Å². The Labute approximate surface area is 177 Å². The van der Waals surface area contributed by atoms with Crippen molar-refractivity contribution >= 4 is 17.5 Å². The Morgan fingerprint density at radius 3 is 2.63 bits per heavy atom. The molecular weight excluding hydrogens is 378 g/mol. The van der Waals surface area contributed by atoms with Crippen LogP contribution in [0, 0.1) is 11.3 Å².